The molecule has 0 radical (unpaired) electrons. The molecule has 1 saturated heterocycles. The highest BCUT2D eigenvalue weighted by atomic mass is 32.2. The highest BCUT2D eigenvalue weighted by Gasteiger charge is 2.37. The summed E-state index contributed by atoms with van der Waals surface area (Å²) >= 11 is 0. The number of piperidine rings is 1. The summed E-state index contributed by atoms with van der Waals surface area (Å²) in [5.74, 6) is -1.50. The summed E-state index contributed by atoms with van der Waals surface area (Å²) in [6.45, 7) is 0.261. The van der Waals surface area contributed by atoms with Crippen molar-refractivity contribution in [3.63, 3.8) is 0 Å². The van der Waals surface area contributed by atoms with Gasteiger partial charge in [-0.25, -0.2) is 22.5 Å². The van der Waals surface area contributed by atoms with Crippen LogP contribution < -0.4 is 0 Å². The number of alkyl halides is 3. The predicted octanol–water partition coefficient (Wildman–Crippen LogP) is 2.46. The molecular formula is C14H14F4N4O2S. The van der Waals surface area contributed by atoms with Crippen LogP contribution in [-0.4, -0.2) is 40.6 Å². The van der Waals surface area contributed by atoms with Crippen LogP contribution in [0.1, 0.15) is 24.4 Å². The van der Waals surface area contributed by atoms with Crippen molar-refractivity contribution in [2.24, 2.45) is 0 Å². The van der Waals surface area contributed by atoms with Crippen LogP contribution >= 0.6 is 0 Å². The molecule has 1 aliphatic heterocycles. The fourth-order valence-electron chi connectivity index (χ4n) is 2.78. The fourth-order valence-corrected chi connectivity index (χ4v) is 4.28. The van der Waals surface area contributed by atoms with Gasteiger partial charge in [0.15, 0.2) is 0 Å². The normalized spacial score (nSPS) is 17.8. The number of nitrogens with zero attached hydrogens (tertiary/aromatic N) is 4. The number of benzene rings is 1. The number of rotatable bonds is 3. The maximum absolute atomic E-state index is 13.4. The van der Waals surface area contributed by atoms with E-state index < -0.39 is 32.5 Å². The van der Waals surface area contributed by atoms with Gasteiger partial charge in [0.2, 0.25) is 10.0 Å². The minimum absolute atomic E-state index is 0.0205. The van der Waals surface area contributed by atoms with Crippen LogP contribution in [0.5, 0.6) is 0 Å². The molecule has 1 aromatic carbocycles. The summed E-state index contributed by atoms with van der Waals surface area (Å²) in [5, 5.41) is 4.00. The Morgan fingerprint density at radius 3 is 2.40 bits per heavy atom. The SMILES string of the molecule is O=S(=O)(c1ccc(F)c(C(F)(F)F)c1)N1CCC(n2cncn2)CC1. The first-order valence-corrected chi connectivity index (χ1v) is 8.84. The van der Waals surface area contributed by atoms with E-state index in [9.17, 15) is 26.0 Å². The molecule has 2 aromatic rings. The Morgan fingerprint density at radius 2 is 1.84 bits per heavy atom. The van der Waals surface area contributed by atoms with E-state index in [1.807, 2.05) is 0 Å². The van der Waals surface area contributed by atoms with Crippen molar-refractivity contribution in [2.75, 3.05) is 13.1 Å². The number of hydrogen-bond acceptors (Lipinski definition) is 4. The maximum Gasteiger partial charge on any atom is 0.419 e. The number of sulfonamides is 1. The molecule has 3 rings (SSSR count). The third-order valence-electron chi connectivity index (χ3n) is 4.12. The van der Waals surface area contributed by atoms with Crippen molar-refractivity contribution in [1.82, 2.24) is 19.1 Å². The second-order valence-corrected chi connectivity index (χ2v) is 7.59. The van der Waals surface area contributed by atoms with Crippen LogP contribution in [0.25, 0.3) is 0 Å². The first-order chi connectivity index (χ1) is 11.7. The molecule has 1 aliphatic rings. The van der Waals surface area contributed by atoms with Gasteiger partial charge in [0.05, 0.1) is 16.5 Å². The van der Waals surface area contributed by atoms with Gasteiger partial charge in [-0.05, 0) is 31.0 Å². The van der Waals surface area contributed by atoms with Crippen LogP contribution in [0.4, 0.5) is 17.6 Å². The van der Waals surface area contributed by atoms with Crippen LogP contribution in [0.3, 0.4) is 0 Å². The molecule has 6 nitrogen and oxygen atoms in total. The lowest BCUT2D eigenvalue weighted by Gasteiger charge is -2.31. The van der Waals surface area contributed by atoms with Crippen LogP contribution in [0.15, 0.2) is 35.7 Å². The van der Waals surface area contributed by atoms with Crippen molar-refractivity contribution in [2.45, 2.75) is 30.0 Å². The molecule has 25 heavy (non-hydrogen) atoms. The second-order valence-electron chi connectivity index (χ2n) is 5.65. The molecule has 2 heterocycles. The third-order valence-corrected chi connectivity index (χ3v) is 6.01. The van der Waals surface area contributed by atoms with Gasteiger partial charge < -0.3 is 0 Å². The van der Waals surface area contributed by atoms with E-state index in [2.05, 4.69) is 10.1 Å². The summed E-state index contributed by atoms with van der Waals surface area (Å²) < 4.78 is 79.6. The second kappa shape index (κ2) is 6.37. The van der Waals surface area contributed by atoms with Gasteiger partial charge in [-0.15, -0.1) is 0 Å². The zero-order chi connectivity index (χ0) is 18.2. The Morgan fingerprint density at radius 1 is 1.16 bits per heavy atom. The Hall–Kier alpha value is -2.01. The molecule has 11 heteroatoms. The highest BCUT2D eigenvalue weighted by Crippen LogP contribution is 2.34. The Labute approximate surface area is 141 Å². The van der Waals surface area contributed by atoms with Gasteiger partial charge in [-0.3, -0.25) is 0 Å². The largest absolute Gasteiger partial charge is 0.419 e. The van der Waals surface area contributed by atoms with Crippen LogP contribution in [-0.2, 0) is 16.2 Å². The van der Waals surface area contributed by atoms with E-state index in [4.69, 9.17) is 0 Å². The molecule has 1 aromatic heterocycles. The molecule has 0 N–H and O–H groups in total. The Bertz CT molecular complexity index is 844. The molecular weight excluding hydrogens is 364 g/mol. The van der Waals surface area contributed by atoms with Gasteiger partial charge >= 0.3 is 6.18 Å². The van der Waals surface area contributed by atoms with Gasteiger partial charge in [-0.2, -0.15) is 22.6 Å². The summed E-state index contributed by atoms with van der Waals surface area (Å²) in [7, 11) is -4.13. The van der Waals surface area contributed by atoms with Gasteiger partial charge in [0, 0.05) is 13.1 Å². The summed E-state index contributed by atoms with van der Waals surface area (Å²) in [6, 6.07) is 1.70. The minimum atomic E-state index is -4.96. The quantitative estimate of drug-likeness (QED) is 0.770. The van der Waals surface area contributed by atoms with E-state index in [1.165, 1.54) is 12.7 Å². The Balaban J connectivity index is 1.81. The molecule has 0 aliphatic carbocycles. The minimum Gasteiger partial charge on any atom is -0.250 e. The standard InChI is InChI=1S/C14H14F4N4O2S/c15-13-2-1-11(7-12(13)14(16,17)18)25(23,24)21-5-3-10(4-6-21)22-9-19-8-20-22/h1-2,7-10H,3-6H2. The highest BCUT2D eigenvalue weighted by molar-refractivity contribution is 7.89. The average Bonchev–Trinajstić information content (AvgIpc) is 3.08. The number of halogens is 4. The molecule has 0 atom stereocenters. The number of hydrogen-bond donors (Lipinski definition) is 0. The van der Waals surface area contributed by atoms with Crippen molar-refractivity contribution >= 4 is 10.0 Å². The van der Waals surface area contributed by atoms with E-state index in [0.29, 0.717) is 25.0 Å². The zero-order valence-electron chi connectivity index (χ0n) is 12.8. The lowest BCUT2D eigenvalue weighted by Crippen LogP contribution is -2.39. The van der Waals surface area contributed by atoms with Crippen molar-refractivity contribution < 1.29 is 26.0 Å². The monoisotopic (exact) mass is 378 g/mol. The summed E-state index contributed by atoms with van der Waals surface area (Å²) in [4.78, 5) is 3.26. The fraction of sp³-hybridized carbons (Fsp3) is 0.429. The molecule has 0 spiro atoms. The van der Waals surface area contributed by atoms with Gasteiger partial charge in [-0.1, -0.05) is 0 Å². The molecule has 136 valence electrons. The van der Waals surface area contributed by atoms with Crippen molar-refractivity contribution in [3.05, 3.63) is 42.2 Å². The van der Waals surface area contributed by atoms with Crippen molar-refractivity contribution in [3.8, 4) is 0 Å². The van der Waals surface area contributed by atoms with E-state index in [-0.39, 0.29) is 19.1 Å². The maximum atomic E-state index is 13.4. The Kier molecular flexibility index (Phi) is 4.54. The van der Waals surface area contributed by atoms with Crippen LogP contribution in [0.2, 0.25) is 0 Å². The zero-order valence-corrected chi connectivity index (χ0v) is 13.6. The van der Waals surface area contributed by atoms with E-state index >= 15 is 0 Å². The van der Waals surface area contributed by atoms with E-state index in [1.54, 1.807) is 4.68 Å². The van der Waals surface area contributed by atoms with Gasteiger partial charge in [0.1, 0.15) is 18.5 Å². The predicted molar refractivity (Wildman–Crippen MR) is 78.5 cm³/mol. The molecule has 0 unspecified atom stereocenters. The first-order valence-electron chi connectivity index (χ1n) is 7.40. The molecule has 0 amide bonds. The lowest BCUT2D eigenvalue weighted by molar-refractivity contribution is -0.140. The molecule has 0 saturated carbocycles. The molecule has 1 fully saturated rings. The van der Waals surface area contributed by atoms with Gasteiger partial charge in [0.25, 0.3) is 0 Å². The summed E-state index contributed by atoms with van der Waals surface area (Å²) in [5.41, 5.74) is -1.59. The van der Waals surface area contributed by atoms with E-state index in [0.717, 1.165) is 10.4 Å². The number of aromatic nitrogens is 3. The van der Waals surface area contributed by atoms with Crippen LogP contribution in [0, 0.1) is 5.82 Å². The molecule has 0 bridgehead atoms. The van der Waals surface area contributed by atoms with Crippen molar-refractivity contribution in [1.29, 1.82) is 0 Å². The smallest absolute Gasteiger partial charge is 0.250 e. The topological polar surface area (TPSA) is 68.1 Å². The summed E-state index contributed by atoms with van der Waals surface area (Å²) in [6.07, 6.45) is -1.15. The third kappa shape index (κ3) is 3.52. The average molecular weight is 378 g/mol. The lowest BCUT2D eigenvalue weighted by atomic mass is 10.1. The first kappa shape index (κ1) is 17.8.